The van der Waals surface area contributed by atoms with Crippen molar-refractivity contribution in [2.45, 2.75) is 0 Å². The number of benzene rings is 1. The molecule has 0 spiro atoms. The lowest BCUT2D eigenvalue weighted by Gasteiger charge is -2.01. The van der Waals surface area contributed by atoms with E-state index < -0.39 is 5.97 Å². The standard InChI is InChI=1S/C14H9BrClNO2/c15-10-4-1-9(2-5-10)3-6-13-12(14(18)19)7-11(16)8-17-13/h1-8H,(H,18,19)/b6-3-. The molecule has 3 nitrogen and oxygen atoms in total. The Morgan fingerprint density at radius 3 is 2.58 bits per heavy atom. The molecule has 1 heterocycles. The third-order valence-electron chi connectivity index (χ3n) is 2.42. The first-order chi connectivity index (χ1) is 9.06. The van der Waals surface area contributed by atoms with Crippen LogP contribution in [-0.2, 0) is 0 Å². The first kappa shape index (κ1) is 13.8. The summed E-state index contributed by atoms with van der Waals surface area (Å²) in [6.07, 6.45) is 4.88. The minimum Gasteiger partial charge on any atom is -0.478 e. The Bertz CT molecular complexity index is 638. The second-order valence-corrected chi connectivity index (χ2v) is 5.13. The Balaban J connectivity index is 2.32. The van der Waals surface area contributed by atoms with Crippen LogP contribution in [0.1, 0.15) is 21.6 Å². The van der Waals surface area contributed by atoms with Gasteiger partial charge in [-0.15, -0.1) is 0 Å². The van der Waals surface area contributed by atoms with Crippen LogP contribution in [0, 0.1) is 0 Å². The summed E-state index contributed by atoms with van der Waals surface area (Å²) in [4.78, 5) is 15.1. The van der Waals surface area contributed by atoms with Crippen LogP contribution in [-0.4, -0.2) is 16.1 Å². The largest absolute Gasteiger partial charge is 0.478 e. The summed E-state index contributed by atoms with van der Waals surface area (Å²) >= 11 is 9.09. The van der Waals surface area contributed by atoms with Crippen molar-refractivity contribution in [1.29, 1.82) is 0 Å². The van der Waals surface area contributed by atoms with Crippen LogP contribution in [0.3, 0.4) is 0 Å². The van der Waals surface area contributed by atoms with Gasteiger partial charge in [-0.3, -0.25) is 4.98 Å². The Morgan fingerprint density at radius 1 is 1.26 bits per heavy atom. The zero-order chi connectivity index (χ0) is 13.8. The quantitative estimate of drug-likeness (QED) is 0.904. The molecular formula is C14H9BrClNO2. The fourth-order valence-electron chi connectivity index (χ4n) is 1.50. The maximum absolute atomic E-state index is 11.1. The summed E-state index contributed by atoms with van der Waals surface area (Å²) in [6.45, 7) is 0. The highest BCUT2D eigenvalue weighted by Gasteiger charge is 2.09. The summed E-state index contributed by atoms with van der Waals surface area (Å²) < 4.78 is 0.987. The first-order valence-electron chi connectivity index (χ1n) is 5.39. The van der Waals surface area contributed by atoms with E-state index in [9.17, 15) is 4.79 Å². The molecule has 1 aromatic heterocycles. The van der Waals surface area contributed by atoms with Crippen LogP contribution in [0.25, 0.3) is 12.2 Å². The minimum absolute atomic E-state index is 0.0841. The Morgan fingerprint density at radius 2 is 1.95 bits per heavy atom. The Labute approximate surface area is 123 Å². The van der Waals surface area contributed by atoms with E-state index >= 15 is 0 Å². The number of halogens is 2. The lowest BCUT2D eigenvalue weighted by molar-refractivity contribution is 0.0696. The molecular weight excluding hydrogens is 330 g/mol. The molecule has 0 atom stereocenters. The van der Waals surface area contributed by atoms with Gasteiger partial charge in [0.05, 0.1) is 16.3 Å². The summed E-state index contributed by atoms with van der Waals surface area (Å²) in [5, 5.41) is 9.39. The molecule has 96 valence electrons. The SMILES string of the molecule is O=C(O)c1cc(Cl)cnc1/C=C\c1ccc(Br)cc1. The Kier molecular flexibility index (Phi) is 4.35. The van der Waals surface area contributed by atoms with E-state index in [0.717, 1.165) is 10.0 Å². The molecule has 0 radical (unpaired) electrons. The molecule has 0 saturated heterocycles. The van der Waals surface area contributed by atoms with E-state index in [0.29, 0.717) is 10.7 Å². The number of nitrogens with zero attached hydrogens (tertiary/aromatic N) is 1. The van der Waals surface area contributed by atoms with E-state index in [1.165, 1.54) is 12.3 Å². The second kappa shape index (κ2) is 5.99. The van der Waals surface area contributed by atoms with Crippen LogP contribution in [0.5, 0.6) is 0 Å². The smallest absolute Gasteiger partial charge is 0.337 e. The predicted octanol–water partition coefficient (Wildman–Crippen LogP) is 4.37. The average molecular weight is 339 g/mol. The van der Waals surface area contributed by atoms with Gasteiger partial charge in [0.25, 0.3) is 0 Å². The maximum Gasteiger partial charge on any atom is 0.337 e. The topological polar surface area (TPSA) is 50.2 Å². The number of carbonyl (C=O) groups is 1. The highest BCUT2D eigenvalue weighted by atomic mass is 79.9. The number of carboxylic acid groups (broad SMARTS) is 1. The van der Waals surface area contributed by atoms with E-state index in [2.05, 4.69) is 20.9 Å². The summed E-state index contributed by atoms with van der Waals surface area (Å²) in [5.74, 6) is -1.05. The van der Waals surface area contributed by atoms with Gasteiger partial charge in [-0.25, -0.2) is 4.79 Å². The van der Waals surface area contributed by atoms with Crippen LogP contribution in [0.2, 0.25) is 5.02 Å². The number of aromatic carboxylic acids is 1. The number of pyridine rings is 1. The van der Waals surface area contributed by atoms with Gasteiger partial charge in [0.1, 0.15) is 0 Å². The molecule has 0 bridgehead atoms. The lowest BCUT2D eigenvalue weighted by Crippen LogP contribution is -2.01. The molecule has 0 unspecified atom stereocenters. The van der Waals surface area contributed by atoms with Crippen LogP contribution >= 0.6 is 27.5 Å². The fourth-order valence-corrected chi connectivity index (χ4v) is 1.93. The molecule has 2 rings (SSSR count). The van der Waals surface area contributed by atoms with Crippen molar-refractivity contribution in [3.63, 3.8) is 0 Å². The summed E-state index contributed by atoms with van der Waals surface area (Å²) in [5.41, 5.74) is 1.41. The molecule has 2 aromatic rings. The van der Waals surface area contributed by atoms with E-state index in [1.54, 1.807) is 12.2 Å². The van der Waals surface area contributed by atoms with Crippen molar-refractivity contribution in [2.24, 2.45) is 0 Å². The number of rotatable bonds is 3. The monoisotopic (exact) mass is 337 g/mol. The van der Waals surface area contributed by atoms with Crippen molar-refractivity contribution >= 4 is 45.7 Å². The maximum atomic E-state index is 11.1. The normalized spacial score (nSPS) is 10.8. The second-order valence-electron chi connectivity index (χ2n) is 3.78. The zero-order valence-electron chi connectivity index (χ0n) is 9.68. The molecule has 0 aliphatic heterocycles. The molecule has 5 heteroatoms. The van der Waals surface area contributed by atoms with E-state index in [-0.39, 0.29) is 5.56 Å². The number of hydrogen-bond donors (Lipinski definition) is 1. The highest BCUT2D eigenvalue weighted by Crippen LogP contribution is 2.17. The lowest BCUT2D eigenvalue weighted by atomic mass is 10.1. The molecule has 1 N–H and O–H groups in total. The van der Waals surface area contributed by atoms with Gasteiger partial charge < -0.3 is 5.11 Å². The van der Waals surface area contributed by atoms with Crippen LogP contribution in [0.15, 0.2) is 41.0 Å². The molecule has 19 heavy (non-hydrogen) atoms. The average Bonchev–Trinajstić information content (AvgIpc) is 2.39. The van der Waals surface area contributed by atoms with Crippen molar-refractivity contribution in [3.8, 4) is 0 Å². The van der Waals surface area contributed by atoms with Gasteiger partial charge in [0.15, 0.2) is 0 Å². The van der Waals surface area contributed by atoms with Crippen molar-refractivity contribution < 1.29 is 9.90 Å². The van der Waals surface area contributed by atoms with Gasteiger partial charge >= 0.3 is 5.97 Å². The van der Waals surface area contributed by atoms with Gasteiger partial charge in [-0.05, 0) is 29.8 Å². The fraction of sp³-hybridized carbons (Fsp3) is 0. The molecule has 0 aliphatic carbocycles. The van der Waals surface area contributed by atoms with Crippen LogP contribution < -0.4 is 0 Å². The van der Waals surface area contributed by atoms with Crippen molar-refractivity contribution in [1.82, 2.24) is 4.98 Å². The number of hydrogen-bond acceptors (Lipinski definition) is 2. The highest BCUT2D eigenvalue weighted by molar-refractivity contribution is 9.10. The minimum atomic E-state index is -1.05. The van der Waals surface area contributed by atoms with Crippen molar-refractivity contribution in [3.05, 3.63) is 62.8 Å². The summed E-state index contributed by atoms with van der Waals surface area (Å²) in [7, 11) is 0. The molecule has 0 saturated carbocycles. The summed E-state index contributed by atoms with van der Waals surface area (Å²) in [6, 6.07) is 9.03. The van der Waals surface area contributed by atoms with Crippen molar-refractivity contribution in [2.75, 3.05) is 0 Å². The molecule has 0 amide bonds. The van der Waals surface area contributed by atoms with Gasteiger partial charge in [0.2, 0.25) is 0 Å². The zero-order valence-corrected chi connectivity index (χ0v) is 12.0. The number of aromatic nitrogens is 1. The van der Waals surface area contributed by atoms with Gasteiger partial charge in [-0.1, -0.05) is 45.7 Å². The van der Waals surface area contributed by atoms with E-state index in [1.807, 2.05) is 24.3 Å². The third kappa shape index (κ3) is 3.66. The van der Waals surface area contributed by atoms with Gasteiger partial charge in [-0.2, -0.15) is 0 Å². The molecule has 0 fully saturated rings. The first-order valence-corrected chi connectivity index (χ1v) is 6.56. The molecule has 1 aromatic carbocycles. The van der Waals surface area contributed by atoms with Gasteiger partial charge in [0, 0.05) is 10.7 Å². The van der Waals surface area contributed by atoms with Crippen LogP contribution in [0.4, 0.5) is 0 Å². The Hall–Kier alpha value is -1.65. The predicted molar refractivity (Wildman–Crippen MR) is 79.3 cm³/mol. The number of carboxylic acids is 1. The third-order valence-corrected chi connectivity index (χ3v) is 3.15. The van der Waals surface area contributed by atoms with E-state index in [4.69, 9.17) is 16.7 Å². The molecule has 0 aliphatic rings.